The molecule has 0 N–H and O–H groups in total. The maximum absolute atomic E-state index is 12.9. The largest absolute Gasteiger partial charge is 0.444 e. The van der Waals surface area contributed by atoms with Crippen LogP contribution in [0.3, 0.4) is 0 Å². The minimum Gasteiger partial charge on any atom is -0.444 e. The maximum Gasteiger partial charge on any atom is 0.433 e. The monoisotopic (exact) mass is 435 g/mol. The zero-order valence-corrected chi connectivity index (χ0v) is 17.5. The van der Waals surface area contributed by atoms with Crippen molar-refractivity contribution in [3.8, 4) is 0 Å². The third-order valence-electron chi connectivity index (χ3n) is 4.97. The van der Waals surface area contributed by atoms with Crippen molar-refractivity contribution >= 4 is 16.1 Å². The number of rotatable bonds is 3. The molecule has 29 heavy (non-hydrogen) atoms. The summed E-state index contributed by atoms with van der Waals surface area (Å²) in [7, 11) is -3.95. The van der Waals surface area contributed by atoms with Gasteiger partial charge in [0.1, 0.15) is 16.2 Å². The van der Waals surface area contributed by atoms with Crippen LogP contribution in [0, 0.1) is 5.41 Å². The van der Waals surface area contributed by atoms with Crippen molar-refractivity contribution in [1.82, 2.24) is 14.2 Å². The Balaban J connectivity index is 1.68. The molecular weight excluding hydrogens is 411 g/mol. The predicted molar refractivity (Wildman–Crippen MR) is 97.6 cm³/mol. The molecule has 0 bridgehead atoms. The molecule has 0 radical (unpaired) electrons. The Morgan fingerprint density at radius 1 is 1.21 bits per heavy atom. The number of aromatic nitrogens is 1. The van der Waals surface area contributed by atoms with Crippen LogP contribution in [0.4, 0.5) is 18.0 Å². The lowest BCUT2D eigenvalue weighted by Crippen LogP contribution is -2.73. The highest BCUT2D eigenvalue weighted by Gasteiger charge is 2.57. The van der Waals surface area contributed by atoms with Gasteiger partial charge in [0, 0.05) is 37.8 Å². The average molecular weight is 435 g/mol. The van der Waals surface area contributed by atoms with E-state index in [0.29, 0.717) is 13.1 Å². The molecule has 2 aliphatic heterocycles. The third kappa shape index (κ3) is 4.20. The van der Waals surface area contributed by atoms with Crippen LogP contribution >= 0.6 is 0 Å². The summed E-state index contributed by atoms with van der Waals surface area (Å²) < 4.78 is 70.9. The van der Waals surface area contributed by atoms with Gasteiger partial charge in [-0.2, -0.15) is 17.5 Å². The van der Waals surface area contributed by atoms with E-state index in [1.165, 1.54) is 9.21 Å². The van der Waals surface area contributed by atoms with Gasteiger partial charge in [-0.25, -0.2) is 13.2 Å². The molecule has 0 aliphatic carbocycles. The molecule has 0 saturated carbocycles. The SMILES string of the molecule is CCc1cc(C(F)(F)F)ncc1S(=O)(=O)N1CC2(CN(C(=O)OC(C)(C)C)C2)C1. The van der Waals surface area contributed by atoms with Crippen LogP contribution < -0.4 is 0 Å². The van der Waals surface area contributed by atoms with Crippen molar-refractivity contribution in [2.75, 3.05) is 26.2 Å². The van der Waals surface area contributed by atoms with E-state index in [9.17, 15) is 26.4 Å². The first-order valence-electron chi connectivity index (χ1n) is 9.21. The minimum absolute atomic E-state index is 0.0808. The summed E-state index contributed by atoms with van der Waals surface area (Å²) in [4.78, 5) is 16.7. The number of alkyl halides is 3. The lowest BCUT2D eigenvalue weighted by atomic mass is 9.75. The third-order valence-corrected chi connectivity index (χ3v) is 6.83. The molecule has 0 aromatic carbocycles. The van der Waals surface area contributed by atoms with Gasteiger partial charge in [0.2, 0.25) is 10.0 Å². The Morgan fingerprint density at radius 3 is 2.28 bits per heavy atom. The molecule has 2 saturated heterocycles. The number of halogens is 3. The summed E-state index contributed by atoms with van der Waals surface area (Å²) in [5.74, 6) is 0. The van der Waals surface area contributed by atoms with E-state index in [2.05, 4.69) is 4.98 Å². The van der Waals surface area contributed by atoms with E-state index in [1.54, 1.807) is 27.7 Å². The van der Waals surface area contributed by atoms with E-state index in [4.69, 9.17) is 4.74 Å². The zero-order chi connectivity index (χ0) is 21.8. The second-order valence-electron chi connectivity index (χ2n) is 8.64. The highest BCUT2D eigenvalue weighted by atomic mass is 32.2. The summed E-state index contributed by atoms with van der Waals surface area (Å²) in [5.41, 5.74) is -1.96. The number of ether oxygens (including phenoxy) is 1. The lowest BCUT2D eigenvalue weighted by Gasteiger charge is -2.59. The van der Waals surface area contributed by atoms with Gasteiger partial charge in [-0.15, -0.1) is 0 Å². The quantitative estimate of drug-likeness (QED) is 0.730. The number of sulfonamides is 1. The normalized spacial score (nSPS) is 19.6. The fourth-order valence-electron chi connectivity index (χ4n) is 3.58. The van der Waals surface area contributed by atoms with Crippen molar-refractivity contribution < 1.29 is 31.1 Å². The summed E-state index contributed by atoms with van der Waals surface area (Å²) in [5, 5.41) is 0. The van der Waals surface area contributed by atoms with Crippen molar-refractivity contribution in [2.45, 2.75) is 50.8 Å². The topological polar surface area (TPSA) is 79.8 Å². The van der Waals surface area contributed by atoms with E-state index < -0.39 is 33.6 Å². The molecule has 11 heteroatoms. The van der Waals surface area contributed by atoms with E-state index >= 15 is 0 Å². The van der Waals surface area contributed by atoms with Crippen molar-refractivity contribution in [3.63, 3.8) is 0 Å². The molecule has 1 aromatic rings. The second kappa shape index (κ2) is 6.83. The summed E-state index contributed by atoms with van der Waals surface area (Å²) in [6.07, 6.45) is -4.16. The van der Waals surface area contributed by atoms with Gasteiger partial charge >= 0.3 is 12.3 Å². The Kier molecular flexibility index (Phi) is 5.14. The Morgan fingerprint density at radius 2 is 1.79 bits per heavy atom. The number of amides is 1. The van der Waals surface area contributed by atoms with Crippen LogP contribution in [0.15, 0.2) is 17.2 Å². The van der Waals surface area contributed by atoms with E-state index in [1.807, 2.05) is 0 Å². The number of nitrogens with zero attached hydrogens (tertiary/aromatic N) is 3. The molecular formula is C18H24F3N3O4S. The molecule has 2 fully saturated rings. The van der Waals surface area contributed by atoms with Crippen LogP contribution in [-0.4, -0.2) is 60.5 Å². The van der Waals surface area contributed by atoms with Gasteiger partial charge in [0.25, 0.3) is 0 Å². The molecule has 162 valence electrons. The van der Waals surface area contributed by atoms with Crippen molar-refractivity contribution in [3.05, 3.63) is 23.5 Å². The van der Waals surface area contributed by atoms with E-state index in [-0.39, 0.29) is 35.4 Å². The van der Waals surface area contributed by atoms with Gasteiger partial charge in [-0.1, -0.05) is 6.92 Å². The maximum atomic E-state index is 12.9. The average Bonchev–Trinajstić information content (AvgIpc) is 2.48. The Bertz CT molecular complexity index is 911. The van der Waals surface area contributed by atoms with Gasteiger partial charge in [-0.3, -0.25) is 4.98 Å². The number of aryl methyl sites for hydroxylation is 1. The first kappa shape index (κ1) is 21.8. The predicted octanol–water partition coefficient (Wildman–Crippen LogP) is 2.90. The van der Waals surface area contributed by atoms with Gasteiger partial charge in [-0.05, 0) is 38.8 Å². The van der Waals surface area contributed by atoms with Crippen LogP contribution in [0.5, 0.6) is 0 Å². The molecule has 0 atom stereocenters. The number of likely N-dealkylation sites (tertiary alicyclic amines) is 1. The molecule has 7 nitrogen and oxygen atoms in total. The summed E-state index contributed by atoms with van der Waals surface area (Å²) in [6, 6.07) is 0.788. The number of carbonyl (C=O) groups is 1. The molecule has 1 spiro atoms. The number of hydrogen-bond donors (Lipinski definition) is 0. The van der Waals surface area contributed by atoms with Crippen molar-refractivity contribution in [2.24, 2.45) is 5.41 Å². The summed E-state index contributed by atoms with van der Waals surface area (Å²) in [6.45, 7) is 8.08. The number of pyridine rings is 1. The first-order chi connectivity index (χ1) is 13.2. The van der Waals surface area contributed by atoms with Gasteiger partial charge in [0.15, 0.2) is 0 Å². The second-order valence-corrected chi connectivity index (χ2v) is 10.5. The number of hydrogen-bond acceptors (Lipinski definition) is 5. The highest BCUT2D eigenvalue weighted by Crippen LogP contribution is 2.43. The fourth-order valence-corrected chi connectivity index (χ4v) is 5.46. The van der Waals surface area contributed by atoms with E-state index in [0.717, 1.165) is 12.3 Å². The Hall–Kier alpha value is -1.88. The van der Waals surface area contributed by atoms with Gasteiger partial charge in [0.05, 0.1) is 0 Å². The van der Waals surface area contributed by atoms with Crippen molar-refractivity contribution in [1.29, 1.82) is 0 Å². The highest BCUT2D eigenvalue weighted by molar-refractivity contribution is 7.89. The fraction of sp³-hybridized carbons (Fsp3) is 0.667. The summed E-state index contributed by atoms with van der Waals surface area (Å²) >= 11 is 0. The molecule has 1 amide bonds. The first-order valence-corrected chi connectivity index (χ1v) is 10.7. The molecule has 3 heterocycles. The standard InChI is InChI=1S/C18H24F3N3O4S/c1-5-12-6-14(18(19,20)21)22-7-13(12)29(26,27)24-10-17(11-24)8-23(9-17)15(25)28-16(2,3)4/h6-7H,5,8-11H2,1-4H3. The van der Waals surface area contributed by atoms with Crippen LogP contribution in [0.2, 0.25) is 0 Å². The minimum atomic E-state index is -4.63. The number of carbonyl (C=O) groups excluding carboxylic acids is 1. The Labute approximate surface area is 167 Å². The van der Waals surface area contributed by atoms with Gasteiger partial charge < -0.3 is 9.64 Å². The molecule has 1 aromatic heterocycles. The van der Waals surface area contributed by atoms with Crippen LogP contribution in [-0.2, 0) is 27.4 Å². The zero-order valence-electron chi connectivity index (χ0n) is 16.7. The molecule has 0 unspecified atom stereocenters. The van der Waals surface area contributed by atoms with Crippen LogP contribution in [0.25, 0.3) is 0 Å². The smallest absolute Gasteiger partial charge is 0.433 e. The van der Waals surface area contributed by atoms with Crippen LogP contribution in [0.1, 0.15) is 39.0 Å². The molecule has 2 aliphatic rings. The lowest BCUT2D eigenvalue weighted by molar-refractivity contribution is -0.141. The molecule has 3 rings (SSSR count).